The van der Waals surface area contributed by atoms with Gasteiger partial charge in [0.15, 0.2) is 0 Å². The fourth-order valence-electron chi connectivity index (χ4n) is 1.93. The molecule has 20 heavy (non-hydrogen) atoms. The quantitative estimate of drug-likeness (QED) is 0.881. The number of rotatable bonds is 4. The van der Waals surface area contributed by atoms with Crippen LogP contribution in [0.5, 0.6) is 0 Å². The highest BCUT2D eigenvalue weighted by Gasteiger charge is 2.17. The number of anilines is 1. The van der Waals surface area contributed by atoms with Crippen molar-refractivity contribution in [3.63, 3.8) is 0 Å². The van der Waals surface area contributed by atoms with Crippen molar-refractivity contribution in [2.75, 3.05) is 5.32 Å². The third-order valence-corrected chi connectivity index (χ3v) is 3.22. The zero-order valence-electron chi connectivity index (χ0n) is 10.7. The van der Waals surface area contributed by atoms with E-state index in [1.165, 1.54) is 6.07 Å². The zero-order chi connectivity index (χ0) is 14.7. The maximum atomic E-state index is 13.6. The molecule has 2 N–H and O–H groups in total. The van der Waals surface area contributed by atoms with Crippen LogP contribution >= 0.6 is 11.6 Å². The zero-order valence-corrected chi connectivity index (χ0v) is 11.5. The van der Waals surface area contributed by atoms with Crippen molar-refractivity contribution in [3.8, 4) is 0 Å². The van der Waals surface area contributed by atoms with Crippen LogP contribution in [0, 0.1) is 5.82 Å². The Morgan fingerprint density at radius 3 is 2.50 bits per heavy atom. The first-order valence-corrected chi connectivity index (χ1v) is 6.40. The molecule has 1 atom stereocenters. The van der Waals surface area contributed by atoms with Crippen LogP contribution in [0.4, 0.5) is 10.1 Å². The number of benzene rings is 2. The van der Waals surface area contributed by atoms with E-state index in [1.807, 2.05) is 19.1 Å². The van der Waals surface area contributed by atoms with Gasteiger partial charge in [-0.2, -0.15) is 0 Å². The summed E-state index contributed by atoms with van der Waals surface area (Å²) in [5, 5.41) is 12.7. The molecule has 0 bridgehead atoms. The first-order chi connectivity index (χ1) is 9.49. The van der Waals surface area contributed by atoms with Gasteiger partial charge < -0.3 is 10.4 Å². The molecule has 5 heteroatoms. The lowest BCUT2D eigenvalue weighted by Crippen LogP contribution is -2.12. The summed E-state index contributed by atoms with van der Waals surface area (Å²) in [5.74, 6) is -2.06. The molecule has 0 spiro atoms. The van der Waals surface area contributed by atoms with Gasteiger partial charge in [-0.25, -0.2) is 9.18 Å². The third-order valence-electron chi connectivity index (χ3n) is 2.97. The summed E-state index contributed by atoms with van der Waals surface area (Å²) in [6, 6.07) is 11.1. The predicted molar refractivity (Wildman–Crippen MR) is 76.8 cm³/mol. The fraction of sp³-hybridized carbons (Fsp3) is 0.133. The summed E-state index contributed by atoms with van der Waals surface area (Å²) < 4.78 is 13.6. The van der Waals surface area contributed by atoms with Crippen LogP contribution in [0.3, 0.4) is 0 Å². The average Bonchev–Trinajstić information content (AvgIpc) is 2.39. The Balaban J connectivity index is 2.28. The van der Waals surface area contributed by atoms with Crippen LogP contribution in [0.15, 0.2) is 42.5 Å². The molecule has 0 heterocycles. The Bertz CT molecular complexity index is 628. The highest BCUT2D eigenvalue weighted by Crippen LogP contribution is 2.25. The lowest BCUT2D eigenvalue weighted by atomic mass is 10.1. The van der Waals surface area contributed by atoms with E-state index >= 15 is 0 Å². The van der Waals surface area contributed by atoms with Crippen LogP contribution in [0.2, 0.25) is 5.02 Å². The average molecular weight is 294 g/mol. The molecule has 0 radical (unpaired) electrons. The van der Waals surface area contributed by atoms with E-state index in [1.54, 1.807) is 18.2 Å². The molecule has 2 aromatic rings. The number of carboxylic acids is 1. The maximum Gasteiger partial charge on any atom is 0.340 e. The molecular formula is C15H13ClFNO2. The van der Waals surface area contributed by atoms with E-state index in [4.69, 9.17) is 16.7 Å². The van der Waals surface area contributed by atoms with Crippen LogP contribution in [0.25, 0.3) is 0 Å². The van der Waals surface area contributed by atoms with Gasteiger partial charge in [-0.3, -0.25) is 0 Å². The number of hydrogen-bond acceptors (Lipinski definition) is 2. The molecule has 2 rings (SSSR count). The van der Waals surface area contributed by atoms with Gasteiger partial charge in [-0.15, -0.1) is 0 Å². The SMILES string of the molecule is CC(Nc1cccc(F)c1C(=O)O)c1ccc(Cl)cc1. The first-order valence-electron chi connectivity index (χ1n) is 6.03. The lowest BCUT2D eigenvalue weighted by Gasteiger charge is -2.17. The molecule has 0 aliphatic carbocycles. The van der Waals surface area contributed by atoms with Crippen LogP contribution in [0.1, 0.15) is 28.9 Å². The third kappa shape index (κ3) is 3.08. The number of aromatic carboxylic acids is 1. The molecule has 104 valence electrons. The Morgan fingerprint density at radius 2 is 1.90 bits per heavy atom. The van der Waals surface area contributed by atoms with Crippen LogP contribution < -0.4 is 5.32 Å². The molecule has 0 aliphatic rings. The topological polar surface area (TPSA) is 49.3 Å². The Morgan fingerprint density at radius 1 is 1.25 bits per heavy atom. The van der Waals surface area contributed by atoms with E-state index in [0.29, 0.717) is 5.02 Å². The van der Waals surface area contributed by atoms with Gasteiger partial charge in [0.25, 0.3) is 0 Å². The summed E-state index contributed by atoms with van der Waals surface area (Å²) in [5.41, 5.74) is 0.822. The largest absolute Gasteiger partial charge is 0.478 e. The molecule has 1 unspecified atom stereocenters. The second-order valence-corrected chi connectivity index (χ2v) is 4.82. The summed E-state index contributed by atoms with van der Waals surface area (Å²) in [7, 11) is 0. The minimum Gasteiger partial charge on any atom is -0.478 e. The molecule has 0 amide bonds. The summed E-state index contributed by atoms with van der Waals surface area (Å²) in [6.45, 7) is 1.86. The highest BCUT2D eigenvalue weighted by molar-refractivity contribution is 6.30. The summed E-state index contributed by atoms with van der Waals surface area (Å²) in [4.78, 5) is 11.1. The van der Waals surface area contributed by atoms with Crippen molar-refractivity contribution < 1.29 is 14.3 Å². The van der Waals surface area contributed by atoms with Gasteiger partial charge in [-0.1, -0.05) is 29.8 Å². The summed E-state index contributed by atoms with van der Waals surface area (Å²) >= 11 is 5.82. The molecule has 0 saturated carbocycles. The van der Waals surface area contributed by atoms with Gasteiger partial charge in [0.05, 0.1) is 5.69 Å². The van der Waals surface area contributed by atoms with Gasteiger partial charge in [0.2, 0.25) is 0 Å². The summed E-state index contributed by atoms with van der Waals surface area (Å²) in [6.07, 6.45) is 0. The second kappa shape index (κ2) is 5.92. The van der Waals surface area contributed by atoms with Crippen molar-refractivity contribution in [2.24, 2.45) is 0 Å². The van der Waals surface area contributed by atoms with E-state index in [0.717, 1.165) is 11.6 Å². The minimum absolute atomic E-state index is 0.174. The number of hydrogen-bond donors (Lipinski definition) is 2. The van der Waals surface area contributed by atoms with Crippen molar-refractivity contribution in [1.29, 1.82) is 0 Å². The van der Waals surface area contributed by atoms with Crippen LogP contribution in [-0.4, -0.2) is 11.1 Å². The van der Waals surface area contributed by atoms with Crippen molar-refractivity contribution in [1.82, 2.24) is 0 Å². The Kier molecular flexibility index (Phi) is 4.25. The number of carbonyl (C=O) groups is 1. The van der Waals surface area contributed by atoms with Gasteiger partial charge >= 0.3 is 5.97 Å². The monoisotopic (exact) mass is 293 g/mol. The molecular weight excluding hydrogens is 281 g/mol. The molecule has 0 fully saturated rings. The van der Waals surface area contributed by atoms with Crippen molar-refractivity contribution in [2.45, 2.75) is 13.0 Å². The van der Waals surface area contributed by atoms with Crippen molar-refractivity contribution >= 4 is 23.3 Å². The Labute approximate surface area is 121 Å². The van der Waals surface area contributed by atoms with E-state index in [9.17, 15) is 9.18 Å². The first kappa shape index (κ1) is 14.3. The predicted octanol–water partition coefficient (Wildman–Crippen LogP) is 4.35. The molecule has 2 aromatic carbocycles. The van der Waals surface area contributed by atoms with E-state index < -0.39 is 11.8 Å². The number of nitrogens with one attached hydrogen (secondary N) is 1. The molecule has 0 aromatic heterocycles. The van der Waals surface area contributed by atoms with Crippen LogP contribution in [-0.2, 0) is 0 Å². The molecule has 0 saturated heterocycles. The standard InChI is InChI=1S/C15H13ClFNO2/c1-9(10-5-7-11(16)8-6-10)18-13-4-2-3-12(17)14(13)15(19)20/h2-9,18H,1H3,(H,19,20). The van der Waals surface area contributed by atoms with Gasteiger partial charge in [-0.05, 0) is 36.8 Å². The fourth-order valence-corrected chi connectivity index (χ4v) is 2.06. The van der Waals surface area contributed by atoms with Gasteiger partial charge in [0.1, 0.15) is 11.4 Å². The minimum atomic E-state index is -1.30. The maximum absolute atomic E-state index is 13.6. The van der Waals surface area contributed by atoms with Gasteiger partial charge in [0, 0.05) is 11.1 Å². The van der Waals surface area contributed by atoms with E-state index in [-0.39, 0.29) is 17.3 Å². The lowest BCUT2D eigenvalue weighted by molar-refractivity contribution is 0.0693. The molecule has 0 aliphatic heterocycles. The highest BCUT2D eigenvalue weighted by atomic mass is 35.5. The second-order valence-electron chi connectivity index (χ2n) is 4.39. The normalized spacial score (nSPS) is 11.9. The number of halogens is 2. The number of carboxylic acid groups (broad SMARTS) is 1. The van der Waals surface area contributed by atoms with E-state index in [2.05, 4.69) is 5.32 Å². The van der Waals surface area contributed by atoms with Crippen molar-refractivity contribution in [3.05, 3.63) is 64.4 Å². The smallest absolute Gasteiger partial charge is 0.340 e. The molecule has 3 nitrogen and oxygen atoms in total. The Hall–Kier alpha value is -2.07.